The maximum absolute atomic E-state index is 12.0. The minimum atomic E-state index is 0. The smallest absolute Gasteiger partial charge is 0.224 e. The van der Waals surface area contributed by atoms with Crippen LogP contribution in [0.15, 0.2) is 41.3 Å². The van der Waals surface area contributed by atoms with Gasteiger partial charge in [-0.1, -0.05) is 0 Å². The molecule has 0 spiro atoms. The molecule has 0 unspecified atom stereocenters. The van der Waals surface area contributed by atoms with Crippen molar-refractivity contribution in [1.82, 2.24) is 10.3 Å². The van der Waals surface area contributed by atoms with Crippen molar-refractivity contribution >= 4 is 24.0 Å². The zero-order chi connectivity index (χ0) is 15.2. The molecule has 0 saturated carbocycles. The summed E-state index contributed by atoms with van der Waals surface area (Å²) < 4.78 is 5.24. The molecule has 2 heterocycles. The summed E-state index contributed by atoms with van der Waals surface area (Å²) in [4.78, 5) is 15.9. The molecule has 1 amide bonds. The van der Waals surface area contributed by atoms with E-state index in [0.717, 1.165) is 36.5 Å². The van der Waals surface area contributed by atoms with Gasteiger partial charge in [0.25, 0.3) is 0 Å². The van der Waals surface area contributed by atoms with E-state index < -0.39 is 0 Å². The predicted molar refractivity (Wildman–Crippen MR) is 92.6 cm³/mol. The third kappa shape index (κ3) is 5.08. The van der Waals surface area contributed by atoms with E-state index in [1.807, 2.05) is 24.3 Å². The maximum Gasteiger partial charge on any atom is 0.224 e. The molecule has 2 N–H and O–H groups in total. The van der Waals surface area contributed by atoms with Crippen molar-refractivity contribution in [3.63, 3.8) is 0 Å². The number of nitrogens with one attached hydrogen (secondary N) is 2. The monoisotopic (exact) mass is 335 g/mol. The van der Waals surface area contributed by atoms with Crippen LogP contribution < -0.4 is 10.6 Å². The number of hydrogen-bond acceptors (Lipinski definition) is 4. The molecule has 3 rings (SSSR count). The summed E-state index contributed by atoms with van der Waals surface area (Å²) in [5.74, 6) is 1.50. The summed E-state index contributed by atoms with van der Waals surface area (Å²) in [6, 6.07) is 7.62. The molecule has 0 atom stereocenters. The lowest BCUT2D eigenvalue weighted by Crippen LogP contribution is -2.28. The summed E-state index contributed by atoms with van der Waals surface area (Å²) in [7, 11) is 0. The molecule has 6 heteroatoms. The Balaban J connectivity index is 0.00000192. The number of oxazole rings is 1. The zero-order valence-electron chi connectivity index (χ0n) is 13.0. The number of carbonyl (C=O) groups is 1. The first-order valence-corrected chi connectivity index (χ1v) is 7.81. The van der Waals surface area contributed by atoms with Crippen LogP contribution in [-0.2, 0) is 4.79 Å². The van der Waals surface area contributed by atoms with Gasteiger partial charge in [0.1, 0.15) is 0 Å². The highest BCUT2D eigenvalue weighted by Crippen LogP contribution is 2.21. The van der Waals surface area contributed by atoms with E-state index in [1.165, 1.54) is 19.2 Å². The van der Waals surface area contributed by atoms with Gasteiger partial charge in [0.2, 0.25) is 5.91 Å². The van der Waals surface area contributed by atoms with E-state index in [9.17, 15) is 4.79 Å². The Hall–Kier alpha value is -1.85. The number of halogens is 1. The van der Waals surface area contributed by atoms with Crippen molar-refractivity contribution in [3.05, 3.63) is 36.9 Å². The van der Waals surface area contributed by atoms with E-state index in [1.54, 1.807) is 6.20 Å². The van der Waals surface area contributed by atoms with Crippen LogP contribution in [-0.4, -0.2) is 24.0 Å². The summed E-state index contributed by atoms with van der Waals surface area (Å²) in [5.41, 5.74) is 1.77. The Labute approximate surface area is 142 Å². The average molecular weight is 336 g/mol. The van der Waals surface area contributed by atoms with E-state index in [0.29, 0.717) is 12.3 Å². The fourth-order valence-corrected chi connectivity index (χ4v) is 2.81. The second kappa shape index (κ2) is 8.70. The van der Waals surface area contributed by atoms with Crippen LogP contribution in [0.2, 0.25) is 0 Å². The van der Waals surface area contributed by atoms with Gasteiger partial charge in [-0.05, 0) is 62.5 Å². The number of nitrogens with zero attached hydrogens (tertiary/aromatic N) is 1. The molecule has 1 aliphatic rings. The maximum atomic E-state index is 12.0. The molecule has 23 heavy (non-hydrogen) atoms. The van der Waals surface area contributed by atoms with Crippen LogP contribution in [0.5, 0.6) is 0 Å². The van der Waals surface area contributed by atoms with Gasteiger partial charge in [-0.2, -0.15) is 0 Å². The molecule has 5 nitrogen and oxygen atoms in total. The Morgan fingerprint density at radius 2 is 2.00 bits per heavy atom. The van der Waals surface area contributed by atoms with E-state index in [2.05, 4.69) is 15.6 Å². The van der Waals surface area contributed by atoms with Crippen molar-refractivity contribution in [2.75, 3.05) is 18.4 Å². The third-order valence-electron chi connectivity index (χ3n) is 4.12. The Morgan fingerprint density at radius 3 is 2.65 bits per heavy atom. The van der Waals surface area contributed by atoms with Crippen LogP contribution in [0.3, 0.4) is 0 Å². The molecule has 1 aromatic heterocycles. The van der Waals surface area contributed by atoms with Crippen LogP contribution >= 0.6 is 12.4 Å². The van der Waals surface area contributed by atoms with E-state index in [4.69, 9.17) is 4.42 Å². The van der Waals surface area contributed by atoms with Gasteiger partial charge >= 0.3 is 0 Å². The van der Waals surface area contributed by atoms with Crippen LogP contribution in [0.1, 0.15) is 25.7 Å². The fraction of sp³-hybridized carbons (Fsp3) is 0.412. The number of piperidine rings is 1. The number of anilines is 1. The first-order valence-electron chi connectivity index (χ1n) is 7.81. The highest BCUT2D eigenvalue weighted by atomic mass is 35.5. The molecule has 1 fully saturated rings. The standard InChI is InChI=1S/C17H21N3O2.ClH/c21-17(6-1-13-7-9-18-10-8-13)20-15-4-2-14(3-5-15)16-11-19-12-22-16;/h2-5,11-13,18H,1,6-10H2,(H,20,21);1H. The summed E-state index contributed by atoms with van der Waals surface area (Å²) in [6.45, 7) is 2.16. The van der Waals surface area contributed by atoms with E-state index in [-0.39, 0.29) is 18.3 Å². The van der Waals surface area contributed by atoms with Crippen LogP contribution in [0.25, 0.3) is 11.3 Å². The average Bonchev–Trinajstić information content (AvgIpc) is 3.09. The lowest BCUT2D eigenvalue weighted by molar-refractivity contribution is -0.116. The minimum Gasteiger partial charge on any atom is -0.444 e. The van der Waals surface area contributed by atoms with Gasteiger partial charge in [-0.25, -0.2) is 4.98 Å². The Morgan fingerprint density at radius 1 is 1.26 bits per heavy atom. The summed E-state index contributed by atoms with van der Waals surface area (Å²) in [6.07, 6.45) is 7.01. The Kier molecular flexibility index (Phi) is 6.62. The quantitative estimate of drug-likeness (QED) is 0.877. The summed E-state index contributed by atoms with van der Waals surface area (Å²) >= 11 is 0. The van der Waals surface area contributed by atoms with Crippen molar-refractivity contribution < 1.29 is 9.21 Å². The van der Waals surface area contributed by atoms with Crippen molar-refractivity contribution in [2.45, 2.75) is 25.7 Å². The molecule has 1 saturated heterocycles. The minimum absolute atomic E-state index is 0. The molecule has 2 aromatic rings. The molecule has 124 valence electrons. The molecule has 0 bridgehead atoms. The largest absolute Gasteiger partial charge is 0.444 e. The third-order valence-corrected chi connectivity index (χ3v) is 4.12. The van der Waals surface area contributed by atoms with Crippen molar-refractivity contribution in [1.29, 1.82) is 0 Å². The van der Waals surface area contributed by atoms with E-state index >= 15 is 0 Å². The topological polar surface area (TPSA) is 67.2 Å². The number of benzene rings is 1. The van der Waals surface area contributed by atoms with Crippen molar-refractivity contribution in [2.24, 2.45) is 5.92 Å². The van der Waals surface area contributed by atoms with Gasteiger partial charge < -0.3 is 15.1 Å². The van der Waals surface area contributed by atoms with Crippen molar-refractivity contribution in [3.8, 4) is 11.3 Å². The van der Waals surface area contributed by atoms with Crippen LogP contribution in [0, 0.1) is 5.92 Å². The molecule has 0 aliphatic carbocycles. The number of hydrogen-bond donors (Lipinski definition) is 2. The number of amides is 1. The molecular formula is C17H22ClN3O2. The number of aromatic nitrogens is 1. The van der Waals surface area contributed by atoms with Gasteiger partial charge in [0.15, 0.2) is 12.2 Å². The second-order valence-corrected chi connectivity index (χ2v) is 5.72. The highest BCUT2D eigenvalue weighted by molar-refractivity contribution is 5.90. The lowest BCUT2D eigenvalue weighted by atomic mass is 9.93. The SMILES string of the molecule is Cl.O=C(CCC1CCNCC1)Nc1ccc(-c2cnco2)cc1. The van der Waals surface area contributed by atoms with Gasteiger partial charge in [-0.3, -0.25) is 4.79 Å². The Bertz CT molecular complexity index is 593. The number of carbonyl (C=O) groups excluding carboxylic acids is 1. The normalized spacial score (nSPS) is 15.0. The molecule has 0 radical (unpaired) electrons. The first kappa shape index (κ1) is 17.5. The molecule has 1 aliphatic heterocycles. The van der Waals surface area contributed by atoms with Gasteiger partial charge in [0, 0.05) is 17.7 Å². The molecular weight excluding hydrogens is 314 g/mol. The highest BCUT2D eigenvalue weighted by Gasteiger charge is 2.14. The van der Waals surface area contributed by atoms with Crippen LogP contribution in [0.4, 0.5) is 5.69 Å². The van der Waals surface area contributed by atoms with Gasteiger partial charge in [0.05, 0.1) is 6.20 Å². The predicted octanol–water partition coefficient (Wildman–Crippen LogP) is 3.48. The first-order chi connectivity index (χ1) is 10.8. The fourth-order valence-electron chi connectivity index (χ4n) is 2.81. The number of rotatable bonds is 5. The van der Waals surface area contributed by atoms with Gasteiger partial charge in [-0.15, -0.1) is 12.4 Å². The second-order valence-electron chi connectivity index (χ2n) is 5.72. The zero-order valence-corrected chi connectivity index (χ0v) is 13.8. The summed E-state index contributed by atoms with van der Waals surface area (Å²) in [5, 5.41) is 6.30. The molecule has 1 aromatic carbocycles. The lowest BCUT2D eigenvalue weighted by Gasteiger charge is -2.22.